The van der Waals surface area contributed by atoms with Gasteiger partial charge in [-0.1, -0.05) is 19.9 Å². The first-order valence-corrected chi connectivity index (χ1v) is 10.1. The molecule has 0 amide bonds. The standard InChI is InChI=1S/C21H33N3O/c1-14(2)16-7-8-18(22-19(16)13-25)17-5-4-6-20(23-17)24(3)15-11-21(12-15)9-10-21/h4-6,14-16,18-19,22,25H,7-13H2,1-3H3. The van der Waals surface area contributed by atoms with Gasteiger partial charge in [0, 0.05) is 25.2 Å². The Kier molecular flexibility index (Phi) is 4.53. The van der Waals surface area contributed by atoms with Crippen LogP contribution in [0.15, 0.2) is 18.2 Å². The van der Waals surface area contributed by atoms with Crippen LogP contribution in [-0.2, 0) is 0 Å². The van der Waals surface area contributed by atoms with Gasteiger partial charge in [0.05, 0.1) is 12.3 Å². The van der Waals surface area contributed by atoms with Crippen molar-refractivity contribution in [2.24, 2.45) is 17.3 Å². The summed E-state index contributed by atoms with van der Waals surface area (Å²) in [7, 11) is 2.20. The van der Waals surface area contributed by atoms with Crippen molar-refractivity contribution in [3.05, 3.63) is 23.9 Å². The van der Waals surface area contributed by atoms with Gasteiger partial charge in [-0.3, -0.25) is 0 Å². The summed E-state index contributed by atoms with van der Waals surface area (Å²) in [6.45, 7) is 4.73. The van der Waals surface area contributed by atoms with Crippen LogP contribution in [0.25, 0.3) is 0 Å². The molecule has 2 saturated carbocycles. The molecule has 1 aliphatic heterocycles. The second kappa shape index (κ2) is 6.55. The minimum Gasteiger partial charge on any atom is -0.395 e. The molecule has 0 bridgehead atoms. The Labute approximate surface area is 152 Å². The fraction of sp³-hybridized carbons (Fsp3) is 0.762. The molecule has 3 unspecified atom stereocenters. The average molecular weight is 344 g/mol. The van der Waals surface area contributed by atoms with Gasteiger partial charge in [0.25, 0.3) is 0 Å². The van der Waals surface area contributed by atoms with Crippen LogP contribution in [-0.4, -0.2) is 35.8 Å². The summed E-state index contributed by atoms with van der Waals surface area (Å²) in [6, 6.07) is 7.54. The molecule has 2 heterocycles. The largest absolute Gasteiger partial charge is 0.395 e. The molecule has 1 aromatic rings. The first-order chi connectivity index (χ1) is 12.0. The molecule has 3 aliphatic rings. The molecular formula is C21H33N3O. The predicted molar refractivity (Wildman–Crippen MR) is 102 cm³/mol. The lowest BCUT2D eigenvalue weighted by Gasteiger charge is -2.43. The number of pyridine rings is 1. The minimum atomic E-state index is 0.184. The van der Waals surface area contributed by atoms with Gasteiger partial charge in [-0.05, 0) is 67.9 Å². The molecule has 25 heavy (non-hydrogen) atoms. The number of nitrogens with zero attached hydrogens (tertiary/aromatic N) is 2. The van der Waals surface area contributed by atoms with Gasteiger partial charge < -0.3 is 15.3 Å². The average Bonchev–Trinajstić information content (AvgIpc) is 3.40. The third kappa shape index (κ3) is 3.31. The molecule has 2 aliphatic carbocycles. The zero-order valence-electron chi connectivity index (χ0n) is 15.9. The molecule has 138 valence electrons. The van der Waals surface area contributed by atoms with E-state index in [1.165, 1.54) is 25.7 Å². The lowest BCUT2D eigenvalue weighted by molar-refractivity contribution is 0.118. The van der Waals surface area contributed by atoms with Crippen LogP contribution in [0.2, 0.25) is 0 Å². The van der Waals surface area contributed by atoms with E-state index in [4.69, 9.17) is 4.98 Å². The van der Waals surface area contributed by atoms with Crippen LogP contribution in [0.1, 0.15) is 64.1 Å². The van der Waals surface area contributed by atoms with Crippen molar-refractivity contribution >= 4 is 5.82 Å². The Morgan fingerprint density at radius 3 is 2.68 bits per heavy atom. The lowest BCUT2D eigenvalue weighted by atomic mass is 9.76. The number of piperidine rings is 1. The van der Waals surface area contributed by atoms with Crippen molar-refractivity contribution in [1.82, 2.24) is 10.3 Å². The Morgan fingerprint density at radius 1 is 1.28 bits per heavy atom. The summed E-state index contributed by atoms with van der Waals surface area (Å²) in [5.74, 6) is 2.26. The monoisotopic (exact) mass is 343 g/mol. The van der Waals surface area contributed by atoms with Crippen LogP contribution in [0.5, 0.6) is 0 Å². The number of aromatic nitrogens is 1. The fourth-order valence-electron chi connectivity index (χ4n) is 5.06. The highest BCUT2D eigenvalue weighted by molar-refractivity contribution is 5.41. The minimum absolute atomic E-state index is 0.184. The van der Waals surface area contributed by atoms with Gasteiger partial charge in [-0.15, -0.1) is 0 Å². The van der Waals surface area contributed by atoms with Crippen molar-refractivity contribution < 1.29 is 5.11 Å². The van der Waals surface area contributed by atoms with E-state index in [0.29, 0.717) is 17.9 Å². The molecule has 0 aromatic carbocycles. The third-order valence-electron chi connectivity index (χ3n) is 7.09. The molecule has 0 radical (unpaired) electrons. The number of hydrogen-bond acceptors (Lipinski definition) is 4. The van der Waals surface area contributed by atoms with E-state index in [1.54, 1.807) is 0 Å². The van der Waals surface area contributed by atoms with Crippen molar-refractivity contribution in [2.45, 2.75) is 70.5 Å². The highest BCUT2D eigenvalue weighted by Gasteiger charge is 2.54. The molecule has 4 nitrogen and oxygen atoms in total. The zero-order valence-corrected chi connectivity index (χ0v) is 15.9. The molecule has 4 heteroatoms. The molecule has 3 atom stereocenters. The van der Waals surface area contributed by atoms with Crippen molar-refractivity contribution in [1.29, 1.82) is 0 Å². The number of rotatable bonds is 5. The van der Waals surface area contributed by atoms with E-state index in [-0.39, 0.29) is 18.7 Å². The molecule has 3 fully saturated rings. The van der Waals surface area contributed by atoms with Gasteiger partial charge in [-0.2, -0.15) is 0 Å². The summed E-state index contributed by atoms with van der Waals surface area (Å²) in [5.41, 5.74) is 1.85. The normalized spacial score (nSPS) is 31.2. The maximum Gasteiger partial charge on any atom is 0.128 e. The van der Waals surface area contributed by atoms with Gasteiger partial charge in [0.1, 0.15) is 5.82 Å². The van der Waals surface area contributed by atoms with E-state index in [9.17, 15) is 5.11 Å². The predicted octanol–water partition coefficient (Wildman–Crippen LogP) is 3.52. The molecule has 1 aromatic heterocycles. The van der Waals surface area contributed by atoms with Gasteiger partial charge in [0.2, 0.25) is 0 Å². The smallest absolute Gasteiger partial charge is 0.128 e. The molecule has 1 saturated heterocycles. The highest BCUT2D eigenvalue weighted by atomic mass is 16.3. The maximum absolute atomic E-state index is 9.79. The summed E-state index contributed by atoms with van der Waals surface area (Å²) in [4.78, 5) is 7.37. The van der Waals surface area contributed by atoms with Crippen LogP contribution < -0.4 is 10.2 Å². The van der Waals surface area contributed by atoms with Gasteiger partial charge in [0.15, 0.2) is 0 Å². The van der Waals surface area contributed by atoms with Crippen molar-refractivity contribution in [3.8, 4) is 0 Å². The molecule has 2 N–H and O–H groups in total. The lowest BCUT2D eigenvalue weighted by Crippen LogP contribution is -2.47. The van der Waals surface area contributed by atoms with Crippen molar-refractivity contribution in [2.75, 3.05) is 18.6 Å². The molecule has 1 spiro atoms. The van der Waals surface area contributed by atoms with Crippen molar-refractivity contribution in [3.63, 3.8) is 0 Å². The van der Waals surface area contributed by atoms with E-state index in [1.807, 2.05) is 0 Å². The van der Waals surface area contributed by atoms with Gasteiger partial charge >= 0.3 is 0 Å². The van der Waals surface area contributed by atoms with Crippen LogP contribution in [0.4, 0.5) is 5.82 Å². The number of aliphatic hydroxyl groups excluding tert-OH is 1. The topological polar surface area (TPSA) is 48.4 Å². The van der Waals surface area contributed by atoms with Crippen LogP contribution in [0.3, 0.4) is 0 Å². The summed E-state index contributed by atoms with van der Waals surface area (Å²) in [5, 5.41) is 13.5. The number of nitrogens with one attached hydrogen (secondary N) is 1. The number of anilines is 1. The Bertz CT molecular complexity index is 605. The fourth-order valence-corrected chi connectivity index (χ4v) is 5.06. The number of aliphatic hydroxyl groups is 1. The Hall–Kier alpha value is -1.13. The van der Waals surface area contributed by atoms with E-state index < -0.39 is 0 Å². The summed E-state index contributed by atoms with van der Waals surface area (Å²) in [6.07, 6.45) is 7.84. The van der Waals surface area contributed by atoms with Gasteiger partial charge in [-0.25, -0.2) is 4.98 Å². The van der Waals surface area contributed by atoms with E-state index in [2.05, 4.69) is 49.3 Å². The zero-order chi connectivity index (χ0) is 17.6. The SMILES string of the molecule is CC(C)C1CCC(c2cccc(N(C)C3CC4(CC4)C3)n2)NC1CO. The Morgan fingerprint density at radius 2 is 2.04 bits per heavy atom. The van der Waals surface area contributed by atoms with E-state index >= 15 is 0 Å². The quantitative estimate of drug-likeness (QED) is 0.859. The third-order valence-corrected chi connectivity index (χ3v) is 7.09. The Balaban J connectivity index is 1.44. The highest BCUT2D eigenvalue weighted by Crippen LogP contribution is 2.61. The molecule has 4 rings (SSSR count). The van der Waals surface area contributed by atoms with Crippen LogP contribution >= 0.6 is 0 Å². The molecular weight excluding hydrogens is 310 g/mol. The second-order valence-corrected chi connectivity index (χ2v) is 9.09. The summed E-state index contributed by atoms with van der Waals surface area (Å²) >= 11 is 0. The maximum atomic E-state index is 9.79. The second-order valence-electron chi connectivity index (χ2n) is 9.09. The first-order valence-electron chi connectivity index (χ1n) is 10.1. The number of hydrogen-bond donors (Lipinski definition) is 2. The van der Waals surface area contributed by atoms with Crippen LogP contribution in [0, 0.1) is 17.3 Å². The van der Waals surface area contributed by atoms with E-state index in [0.717, 1.165) is 29.8 Å². The summed E-state index contributed by atoms with van der Waals surface area (Å²) < 4.78 is 0. The first kappa shape index (κ1) is 17.3.